The van der Waals surface area contributed by atoms with E-state index in [2.05, 4.69) is 16.9 Å². The zero-order valence-corrected chi connectivity index (χ0v) is 11.0. The SMILES string of the molecule is CCCCCn1c(=O)[nH]c2ncc(Cl)c(CO)c21. The number of aliphatic hydroxyl groups is 1. The van der Waals surface area contributed by atoms with Gasteiger partial charge >= 0.3 is 5.69 Å². The van der Waals surface area contributed by atoms with Gasteiger partial charge in [0.05, 0.1) is 17.1 Å². The highest BCUT2D eigenvalue weighted by Crippen LogP contribution is 2.22. The van der Waals surface area contributed by atoms with Crippen LogP contribution in [-0.4, -0.2) is 19.6 Å². The van der Waals surface area contributed by atoms with Gasteiger partial charge in [-0.2, -0.15) is 0 Å². The Balaban J connectivity index is 2.53. The number of hydrogen-bond donors (Lipinski definition) is 2. The Morgan fingerprint density at radius 2 is 2.28 bits per heavy atom. The first-order chi connectivity index (χ1) is 8.69. The summed E-state index contributed by atoms with van der Waals surface area (Å²) in [5.74, 6) is 0. The lowest BCUT2D eigenvalue weighted by Gasteiger charge is -2.07. The van der Waals surface area contributed by atoms with Crippen molar-refractivity contribution in [3.05, 3.63) is 27.3 Å². The highest BCUT2D eigenvalue weighted by atomic mass is 35.5. The first kappa shape index (κ1) is 13.1. The second-order valence-corrected chi connectivity index (χ2v) is 4.64. The molecule has 0 aromatic carbocycles. The predicted octanol–water partition coefficient (Wildman–Crippen LogP) is 2.06. The smallest absolute Gasteiger partial charge is 0.327 e. The third kappa shape index (κ3) is 2.28. The number of nitrogens with one attached hydrogen (secondary N) is 1. The molecule has 0 amide bonds. The van der Waals surface area contributed by atoms with Crippen molar-refractivity contribution in [2.75, 3.05) is 0 Å². The molecule has 2 rings (SSSR count). The van der Waals surface area contributed by atoms with E-state index in [4.69, 9.17) is 11.6 Å². The summed E-state index contributed by atoms with van der Waals surface area (Å²) < 4.78 is 1.61. The van der Waals surface area contributed by atoms with Crippen LogP contribution in [0, 0.1) is 0 Å². The maximum atomic E-state index is 11.9. The van der Waals surface area contributed by atoms with E-state index in [0.717, 1.165) is 19.3 Å². The maximum absolute atomic E-state index is 11.9. The predicted molar refractivity (Wildman–Crippen MR) is 70.8 cm³/mol. The van der Waals surface area contributed by atoms with Crippen LogP contribution in [0.5, 0.6) is 0 Å². The van der Waals surface area contributed by atoms with E-state index in [9.17, 15) is 9.90 Å². The molecule has 0 spiro atoms. The van der Waals surface area contributed by atoms with Gasteiger partial charge in [0, 0.05) is 18.3 Å². The summed E-state index contributed by atoms with van der Waals surface area (Å²) in [6.45, 7) is 2.51. The zero-order valence-electron chi connectivity index (χ0n) is 10.2. The number of aromatic nitrogens is 3. The van der Waals surface area contributed by atoms with Crippen molar-refractivity contribution in [2.24, 2.45) is 0 Å². The molecule has 6 heteroatoms. The van der Waals surface area contributed by atoms with E-state index in [-0.39, 0.29) is 12.3 Å². The summed E-state index contributed by atoms with van der Waals surface area (Å²) in [6, 6.07) is 0. The van der Waals surface area contributed by atoms with Gasteiger partial charge in [-0.1, -0.05) is 31.4 Å². The highest BCUT2D eigenvalue weighted by molar-refractivity contribution is 6.32. The normalized spacial score (nSPS) is 11.3. The molecule has 0 saturated heterocycles. The third-order valence-corrected chi connectivity index (χ3v) is 3.31. The number of hydrogen-bond acceptors (Lipinski definition) is 3. The van der Waals surface area contributed by atoms with Crippen molar-refractivity contribution >= 4 is 22.8 Å². The number of aromatic amines is 1. The van der Waals surface area contributed by atoms with Crippen molar-refractivity contribution in [2.45, 2.75) is 39.3 Å². The summed E-state index contributed by atoms with van der Waals surface area (Å²) in [6.07, 6.45) is 4.51. The summed E-state index contributed by atoms with van der Waals surface area (Å²) >= 11 is 5.99. The molecule has 0 saturated carbocycles. The molecule has 5 nitrogen and oxygen atoms in total. The van der Waals surface area contributed by atoms with Crippen molar-refractivity contribution in [1.82, 2.24) is 14.5 Å². The number of H-pyrrole nitrogens is 1. The van der Waals surface area contributed by atoms with Gasteiger partial charge in [0.25, 0.3) is 0 Å². The first-order valence-corrected chi connectivity index (χ1v) is 6.43. The number of halogens is 1. The van der Waals surface area contributed by atoms with Crippen molar-refractivity contribution < 1.29 is 5.11 Å². The van der Waals surface area contributed by atoms with Crippen LogP contribution in [-0.2, 0) is 13.2 Å². The summed E-state index contributed by atoms with van der Waals surface area (Å²) in [7, 11) is 0. The van der Waals surface area contributed by atoms with Crippen LogP contribution in [0.15, 0.2) is 11.0 Å². The van der Waals surface area contributed by atoms with Gasteiger partial charge < -0.3 is 5.11 Å². The lowest BCUT2D eigenvalue weighted by atomic mass is 10.2. The Bertz CT molecular complexity index is 603. The summed E-state index contributed by atoms with van der Waals surface area (Å²) in [5, 5.41) is 9.76. The molecule has 0 radical (unpaired) electrons. The number of aryl methyl sites for hydroxylation is 1. The Hall–Kier alpha value is -1.33. The minimum absolute atomic E-state index is 0.203. The minimum atomic E-state index is -0.205. The van der Waals surface area contributed by atoms with Gasteiger partial charge in [0.2, 0.25) is 0 Å². The molecule has 98 valence electrons. The second-order valence-electron chi connectivity index (χ2n) is 4.23. The van der Waals surface area contributed by atoms with Crippen LogP contribution < -0.4 is 5.69 Å². The molecule has 2 heterocycles. The van der Waals surface area contributed by atoms with Gasteiger partial charge in [0.15, 0.2) is 5.65 Å². The Morgan fingerprint density at radius 1 is 1.50 bits per heavy atom. The molecular formula is C12H16ClN3O2. The standard InChI is InChI=1S/C12H16ClN3O2/c1-2-3-4-5-16-10-8(7-17)9(13)6-14-11(10)15-12(16)18/h6,17H,2-5,7H2,1H3,(H,14,15,18). The molecule has 0 atom stereocenters. The highest BCUT2D eigenvalue weighted by Gasteiger charge is 2.14. The largest absolute Gasteiger partial charge is 0.392 e. The average molecular weight is 270 g/mol. The Morgan fingerprint density at radius 3 is 2.94 bits per heavy atom. The van der Waals surface area contributed by atoms with Crippen LogP contribution in [0.2, 0.25) is 5.02 Å². The zero-order chi connectivity index (χ0) is 13.1. The molecule has 0 aliphatic carbocycles. The second kappa shape index (κ2) is 5.54. The fourth-order valence-corrected chi connectivity index (χ4v) is 2.25. The van der Waals surface area contributed by atoms with Gasteiger partial charge in [0.1, 0.15) is 0 Å². The van der Waals surface area contributed by atoms with Crippen LogP contribution in [0.25, 0.3) is 11.2 Å². The van der Waals surface area contributed by atoms with Gasteiger partial charge in [-0.15, -0.1) is 0 Å². The number of aliphatic hydroxyl groups excluding tert-OH is 1. The molecule has 18 heavy (non-hydrogen) atoms. The monoisotopic (exact) mass is 269 g/mol. The molecule has 0 bridgehead atoms. The fraction of sp³-hybridized carbons (Fsp3) is 0.500. The Labute approximate surface area is 109 Å². The molecular weight excluding hydrogens is 254 g/mol. The van der Waals surface area contributed by atoms with E-state index in [0.29, 0.717) is 28.3 Å². The number of unbranched alkanes of at least 4 members (excludes halogenated alkanes) is 2. The molecule has 2 aromatic rings. The maximum Gasteiger partial charge on any atom is 0.327 e. The van der Waals surface area contributed by atoms with E-state index in [1.807, 2.05) is 0 Å². The first-order valence-electron chi connectivity index (χ1n) is 6.05. The lowest BCUT2D eigenvalue weighted by Crippen LogP contribution is -2.17. The number of rotatable bonds is 5. The van der Waals surface area contributed by atoms with Crippen molar-refractivity contribution in [3.63, 3.8) is 0 Å². The molecule has 2 N–H and O–H groups in total. The lowest BCUT2D eigenvalue weighted by molar-refractivity contribution is 0.283. The van der Waals surface area contributed by atoms with E-state index in [1.165, 1.54) is 6.20 Å². The van der Waals surface area contributed by atoms with Crippen LogP contribution in [0.3, 0.4) is 0 Å². The van der Waals surface area contributed by atoms with E-state index >= 15 is 0 Å². The number of imidazole rings is 1. The number of fused-ring (bicyclic) bond motifs is 1. The van der Waals surface area contributed by atoms with Gasteiger partial charge in [-0.25, -0.2) is 9.78 Å². The van der Waals surface area contributed by atoms with Crippen LogP contribution in [0.4, 0.5) is 0 Å². The van der Waals surface area contributed by atoms with Crippen LogP contribution in [0.1, 0.15) is 31.7 Å². The van der Waals surface area contributed by atoms with Crippen LogP contribution >= 0.6 is 11.6 Å². The average Bonchev–Trinajstić information content (AvgIpc) is 2.67. The van der Waals surface area contributed by atoms with Crippen molar-refractivity contribution in [3.8, 4) is 0 Å². The summed E-state index contributed by atoms with van der Waals surface area (Å²) in [5.41, 5.74) is 1.44. The molecule has 0 aliphatic rings. The number of pyridine rings is 1. The van der Waals surface area contributed by atoms with Gasteiger partial charge in [-0.05, 0) is 6.42 Å². The quantitative estimate of drug-likeness (QED) is 0.816. The summed E-state index contributed by atoms with van der Waals surface area (Å²) in [4.78, 5) is 18.6. The molecule has 0 unspecified atom stereocenters. The minimum Gasteiger partial charge on any atom is -0.392 e. The third-order valence-electron chi connectivity index (χ3n) is 2.99. The fourth-order valence-electron chi connectivity index (χ4n) is 2.05. The van der Waals surface area contributed by atoms with Crippen molar-refractivity contribution in [1.29, 1.82) is 0 Å². The molecule has 0 aliphatic heterocycles. The molecule has 2 aromatic heterocycles. The van der Waals surface area contributed by atoms with Gasteiger partial charge in [-0.3, -0.25) is 9.55 Å². The number of nitrogens with zero attached hydrogens (tertiary/aromatic N) is 2. The topological polar surface area (TPSA) is 70.9 Å². The Kier molecular flexibility index (Phi) is 4.04. The molecule has 0 fully saturated rings. The van der Waals surface area contributed by atoms with E-state index < -0.39 is 0 Å². The van der Waals surface area contributed by atoms with E-state index in [1.54, 1.807) is 4.57 Å².